The monoisotopic (exact) mass is 436 g/mol. The number of ketones is 2. The molecule has 0 saturated carbocycles. The minimum Gasteiger partial charge on any atom is -0.508 e. The summed E-state index contributed by atoms with van der Waals surface area (Å²) in [5, 5.41) is 9.51. The molecule has 1 unspecified atom stereocenters. The summed E-state index contributed by atoms with van der Waals surface area (Å²) < 4.78 is 0. The largest absolute Gasteiger partial charge is 0.508 e. The Hall–Kier alpha value is -2.68. The zero-order valence-corrected chi connectivity index (χ0v) is 20.5. The third-order valence-electron chi connectivity index (χ3n) is 5.29. The molecule has 0 bridgehead atoms. The number of benzene rings is 2. The number of allylic oxidation sites excluding steroid dienone is 2. The van der Waals surface area contributed by atoms with Crippen LogP contribution in [0.5, 0.6) is 5.75 Å². The molecule has 1 atom stereocenters. The van der Waals surface area contributed by atoms with Crippen LogP contribution >= 0.6 is 0 Å². The number of phenols is 1. The van der Waals surface area contributed by atoms with Gasteiger partial charge < -0.3 is 9.90 Å². The molecule has 0 radical (unpaired) electrons. The van der Waals surface area contributed by atoms with Crippen LogP contribution < -0.4 is 0 Å². The number of Topliss-reactive ketones (excluding diaryl/α,β-unsaturated/α-hetero) is 2. The van der Waals surface area contributed by atoms with E-state index in [1.165, 1.54) is 38.7 Å². The number of unbranched alkanes of at least 4 members (excludes halogenated alkanes) is 1. The zero-order chi connectivity index (χ0) is 23.9. The molecule has 0 saturated heterocycles. The second-order valence-corrected chi connectivity index (χ2v) is 8.48. The zero-order valence-electron chi connectivity index (χ0n) is 20.5. The maximum absolute atomic E-state index is 12.4. The van der Waals surface area contributed by atoms with Crippen LogP contribution in [0.25, 0.3) is 0 Å². The Kier molecular flexibility index (Phi) is 13.0. The average molecular weight is 437 g/mol. The van der Waals surface area contributed by atoms with Crippen LogP contribution in [-0.4, -0.2) is 16.7 Å². The van der Waals surface area contributed by atoms with E-state index in [0.29, 0.717) is 11.5 Å². The van der Waals surface area contributed by atoms with Crippen molar-refractivity contribution in [3.8, 4) is 5.75 Å². The van der Waals surface area contributed by atoms with E-state index in [-0.39, 0.29) is 17.3 Å². The Bertz CT molecular complexity index is 861. The van der Waals surface area contributed by atoms with E-state index < -0.39 is 0 Å². The highest BCUT2D eigenvalue weighted by atomic mass is 16.3. The van der Waals surface area contributed by atoms with E-state index in [2.05, 4.69) is 51.1 Å². The highest BCUT2D eigenvalue weighted by molar-refractivity contribution is 6.13. The van der Waals surface area contributed by atoms with E-state index in [9.17, 15) is 14.7 Å². The van der Waals surface area contributed by atoms with Gasteiger partial charge in [0.05, 0.1) is 0 Å². The van der Waals surface area contributed by atoms with Crippen LogP contribution in [-0.2, 0) is 17.6 Å². The van der Waals surface area contributed by atoms with Crippen molar-refractivity contribution in [2.24, 2.45) is 5.92 Å². The van der Waals surface area contributed by atoms with Crippen molar-refractivity contribution in [1.82, 2.24) is 0 Å². The summed E-state index contributed by atoms with van der Waals surface area (Å²) in [7, 11) is 0. The topological polar surface area (TPSA) is 54.4 Å². The molecule has 0 heterocycles. The number of rotatable bonds is 7. The van der Waals surface area contributed by atoms with Gasteiger partial charge in [0.1, 0.15) is 11.5 Å². The summed E-state index contributed by atoms with van der Waals surface area (Å²) in [6.07, 6.45) is 9.95. The lowest BCUT2D eigenvalue weighted by Gasteiger charge is -2.11. The fraction of sp³-hybridized carbons (Fsp3) is 0.448. The standard InChI is InChI=1S/C18H24O2.C8H10.C3H6O/c1-3-5-7-13(6-4-2)10-15-11-14-8-9-16(19)12-17(14)18(15)20;1-2-8-6-4-3-5-7-8;1-3(2)4/h8-10,12-13,19H,3-7,11H2,1-2H3;3-7H,2H2,1H3;1-2H3/b15-10+;;. The maximum Gasteiger partial charge on any atom is 0.189 e. The third kappa shape index (κ3) is 10.1. The van der Waals surface area contributed by atoms with E-state index in [4.69, 9.17) is 0 Å². The fourth-order valence-electron chi connectivity index (χ4n) is 3.67. The van der Waals surface area contributed by atoms with Gasteiger partial charge in [-0.05, 0) is 62.3 Å². The maximum atomic E-state index is 12.4. The molecule has 0 fully saturated rings. The van der Waals surface area contributed by atoms with Gasteiger partial charge in [0.2, 0.25) is 0 Å². The molecule has 0 aromatic heterocycles. The number of hydrogen-bond donors (Lipinski definition) is 1. The van der Waals surface area contributed by atoms with Gasteiger partial charge in [0, 0.05) is 17.6 Å². The van der Waals surface area contributed by atoms with Crippen LogP contribution in [0.15, 0.2) is 60.2 Å². The van der Waals surface area contributed by atoms with Crippen LogP contribution in [0.1, 0.15) is 88.2 Å². The lowest BCUT2D eigenvalue weighted by molar-refractivity contribution is -0.115. The molecule has 3 nitrogen and oxygen atoms in total. The Morgan fingerprint density at radius 1 is 1.00 bits per heavy atom. The van der Waals surface area contributed by atoms with Gasteiger partial charge in [-0.2, -0.15) is 0 Å². The number of aryl methyl sites for hydroxylation is 1. The SMILES string of the molecule is CC(C)=O.CCCCC(/C=C1\Cc2ccc(O)cc2C1=O)CCC.CCc1ccccc1. The number of aromatic hydroxyl groups is 1. The van der Waals surface area contributed by atoms with Gasteiger partial charge in [0.15, 0.2) is 5.78 Å². The van der Waals surface area contributed by atoms with E-state index >= 15 is 0 Å². The molecule has 1 aliphatic rings. The van der Waals surface area contributed by atoms with Crippen molar-refractivity contribution in [1.29, 1.82) is 0 Å². The summed E-state index contributed by atoms with van der Waals surface area (Å²) in [6, 6.07) is 15.6. The van der Waals surface area contributed by atoms with Crippen LogP contribution in [0.4, 0.5) is 0 Å². The van der Waals surface area contributed by atoms with Gasteiger partial charge in [0.25, 0.3) is 0 Å². The summed E-state index contributed by atoms with van der Waals surface area (Å²) in [5.41, 5.74) is 4.06. The summed E-state index contributed by atoms with van der Waals surface area (Å²) in [6.45, 7) is 9.62. The van der Waals surface area contributed by atoms with Crippen LogP contribution in [0.3, 0.4) is 0 Å². The van der Waals surface area contributed by atoms with E-state index in [0.717, 1.165) is 36.8 Å². The number of carbonyl (C=O) groups is 2. The molecule has 0 amide bonds. The van der Waals surface area contributed by atoms with Gasteiger partial charge in [-0.15, -0.1) is 0 Å². The van der Waals surface area contributed by atoms with Crippen molar-refractivity contribution in [3.05, 3.63) is 76.9 Å². The second-order valence-electron chi connectivity index (χ2n) is 8.48. The molecule has 174 valence electrons. The predicted octanol–water partition coefficient (Wildman–Crippen LogP) is 7.51. The van der Waals surface area contributed by atoms with Crippen molar-refractivity contribution in [3.63, 3.8) is 0 Å². The number of hydrogen-bond acceptors (Lipinski definition) is 3. The minimum atomic E-state index is 0.105. The van der Waals surface area contributed by atoms with Gasteiger partial charge >= 0.3 is 0 Å². The normalized spacial score (nSPS) is 14.0. The Labute approximate surface area is 194 Å². The molecule has 0 spiro atoms. The van der Waals surface area contributed by atoms with Gasteiger partial charge in [-0.25, -0.2) is 0 Å². The summed E-state index contributed by atoms with van der Waals surface area (Å²) in [5.74, 6) is 0.963. The molecular formula is C29H40O3. The van der Waals surface area contributed by atoms with Crippen molar-refractivity contribution < 1.29 is 14.7 Å². The molecule has 2 aromatic rings. The van der Waals surface area contributed by atoms with Gasteiger partial charge in [-0.1, -0.05) is 82.5 Å². The number of fused-ring (bicyclic) bond motifs is 1. The highest BCUT2D eigenvalue weighted by Gasteiger charge is 2.25. The van der Waals surface area contributed by atoms with Crippen molar-refractivity contribution in [2.45, 2.75) is 79.6 Å². The molecule has 1 N–H and O–H groups in total. The molecule has 1 aliphatic carbocycles. The highest BCUT2D eigenvalue weighted by Crippen LogP contribution is 2.31. The third-order valence-corrected chi connectivity index (χ3v) is 5.29. The Morgan fingerprint density at radius 2 is 1.66 bits per heavy atom. The summed E-state index contributed by atoms with van der Waals surface area (Å²) in [4.78, 5) is 21.8. The van der Waals surface area contributed by atoms with E-state index in [1.54, 1.807) is 12.1 Å². The Morgan fingerprint density at radius 3 is 2.19 bits per heavy atom. The lowest BCUT2D eigenvalue weighted by atomic mass is 9.93. The molecule has 3 heteroatoms. The lowest BCUT2D eigenvalue weighted by Crippen LogP contribution is -2.02. The molecule has 2 aromatic carbocycles. The molecule has 3 rings (SSSR count). The van der Waals surface area contributed by atoms with Crippen molar-refractivity contribution in [2.75, 3.05) is 0 Å². The smallest absolute Gasteiger partial charge is 0.189 e. The number of carbonyl (C=O) groups excluding carboxylic acids is 2. The first kappa shape index (κ1) is 27.4. The first-order chi connectivity index (χ1) is 15.3. The first-order valence-corrected chi connectivity index (χ1v) is 11.9. The predicted molar refractivity (Wildman–Crippen MR) is 134 cm³/mol. The first-order valence-electron chi connectivity index (χ1n) is 11.9. The average Bonchev–Trinajstić information content (AvgIpc) is 3.07. The summed E-state index contributed by atoms with van der Waals surface area (Å²) >= 11 is 0. The Balaban J connectivity index is 0.000000350. The van der Waals surface area contributed by atoms with E-state index in [1.807, 2.05) is 12.1 Å². The van der Waals surface area contributed by atoms with Crippen LogP contribution in [0, 0.1) is 5.92 Å². The van der Waals surface area contributed by atoms with Crippen molar-refractivity contribution >= 4 is 11.6 Å². The second kappa shape index (κ2) is 15.2. The molecular weight excluding hydrogens is 396 g/mol. The minimum absolute atomic E-state index is 0.105. The number of phenolic OH excluding ortho intramolecular Hbond substituents is 1. The van der Waals surface area contributed by atoms with Crippen LogP contribution in [0.2, 0.25) is 0 Å². The molecule has 32 heavy (non-hydrogen) atoms. The quantitative estimate of drug-likeness (QED) is 0.457. The fourth-order valence-corrected chi connectivity index (χ4v) is 3.67. The van der Waals surface area contributed by atoms with Gasteiger partial charge in [-0.3, -0.25) is 4.79 Å². The molecule has 0 aliphatic heterocycles.